The number of allylic oxidation sites excluding steroid dienone is 1. The van der Waals surface area contributed by atoms with E-state index >= 15 is 0 Å². The predicted molar refractivity (Wildman–Crippen MR) is 57.7 cm³/mol. The molecule has 1 rings (SSSR count). The monoisotopic (exact) mass is 189 g/mol. The molecule has 0 aliphatic rings. The number of benzene rings is 1. The molecular weight excluding hydrogens is 174 g/mol. The molecule has 0 fully saturated rings. The summed E-state index contributed by atoms with van der Waals surface area (Å²) in [7, 11) is 1.80. The highest BCUT2D eigenvalue weighted by molar-refractivity contribution is 5.87. The largest absolute Gasteiger partial charge is 0.338 e. The van der Waals surface area contributed by atoms with Gasteiger partial charge in [-0.15, -0.1) is 0 Å². The lowest BCUT2D eigenvalue weighted by Gasteiger charge is -2.14. The molecule has 0 aliphatic heterocycles. The summed E-state index contributed by atoms with van der Waals surface area (Å²) in [5.74, 6) is 0.0383. The van der Waals surface area contributed by atoms with Gasteiger partial charge in [-0.2, -0.15) is 0 Å². The molecule has 0 N–H and O–H groups in total. The Bertz CT molecular complexity index is 316. The fourth-order valence-corrected chi connectivity index (χ4v) is 1.21. The minimum Gasteiger partial charge on any atom is -0.338 e. The highest BCUT2D eigenvalue weighted by Gasteiger charge is 2.03. The maximum atomic E-state index is 11.4. The highest BCUT2D eigenvalue weighted by atomic mass is 16.2. The van der Waals surface area contributed by atoms with Gasteiger partial charge in [0, 0.05) is 13.6 Å². The van der Waals surface area contributed by atoms with Crippen LogP contribution in [-0.2, 0) is 11.3 Å². The number of nitrogens with zero attached hydrogens (tertiary/aromatic N) is 1. The molecule has 14 heavy (non-hydrogen) atoms. The van der Waals surface area contributed by atoms with Crippen LogP contribution < -0.4 is 0 Å². The van der Waals surface area contributed by atoms with E-state index in [1.54, 1.807) is 24.1 Å². The molecule has 1 amide bonds. The Balaban J connectivity index is 2.57. The number of amides is 1. The first kappa shape index (κ1) is 10.5. The summed E-state index contributed by atoms with van der Waals surface area (Å²) < 4.78 is 0. The minimum absolute atomic E-state index is 0.0383. The van der Waals surface area contributed by atoms with Gasteiger partial charge in [0.2, 0.25) is 5.91 Å². The van der Waals surface area contributed by atoms with Gasteiger partial charge < -0.3 is 4.90 Å². The van der Waals surface area contributed by atoms with Crippen LogP contribution >= 0.6 is 0 Å². The fourth-order valence-electron chi connectivity index (χ4n) is 1.21. The first-order valence-corrected chi connectivity index (χ1v) is 4.65. The summed E-state index contributed by atoms with van der Waals surface area (Å²) in [4.78, 5) is 13.1. The van der Waals surface area contributed by atoms with Gasteiger partial charge in [0.1, 0.15) is 0 Å². The van der Waals surface area contributed by atoms with Crippen LogP contribution in [0.15, 0.2) is 42.5 Å². The van der Waals surface area contributed by atoms with E-state index in [-0.39, 0.29) is 5.91 Å². The van der Waals surface area contributed by atoms with Gasteiger partial charge in [0.05, 0.1) is 0 Å². The number of hydrogen-bond donors (Lipinski definition) is 0. The molecule has 2 heteroatoms. The summed E-state index contributed by atoms with van der Waals surface area (Å²) in [6.45, 7) is 2.50. The molecule has 2 nitrogen and oxygen atoms in total. The van der Waals surface area contributed by atoms with Gasteiger partial charge in [0.15, 0.2) is 0 Å². The van der Waals surface area contributed by atoms with Crippen molar-refractivity contribution in [3.63, 3.8) is 0 Å². The highest BCUT2D eigenvalue weighted by Crippen LogP contribution is 2.02. The lowest BCUT2D eigenvalue weighted by molar-refractivity contribution is -0.125. The van der Waals surface area contributed by atoms with Crippen molar-refractivity contribution in [1.29, 1.82) is 0 Å². The maximum absolute atomic E-state index is 11.4. The van der Waals surface area contributed by atoms with Gasteiger partial charge >= 0.3 is 0 Å². The van der Waals surface area contributed by atoms with Gasteiger partial charge in [-0.3, -0.25) is 4.79 Å². The van der Waals surface area contributed by atoms with Crippen LogP contribution in [0.4, 0.5) is 0 Å². The number of carbonyl (C=O) groups is 1. The summed E-state index contributed by atoms with van der Waals surface area (Å²) >= 11 is 0. The van der Waals surface area contributed by atoms with Gasteiger partial charge in [-0.05, 0) is 18.6 Å². The smallest absolute Gasteiger partial charge is 0.246 e. The molecule has 0 saturated heterocycles. The molecule has 0 atom stereocenters. The molecule has 0 radical (unpaired) electrons. The zero-order chi connectivity index (χ0) is 10.4. The summed E-state index contributed by atoms with van der Waals surface area (Å²) in [5.41, 5.74) is 1.15. The van der Waals surface area contributed by atoms with Crippen LogP contribution in [0, 0.1) is 0 Å². The molecule has 0 heterocycles. The van der Waals surface area contributed by atoms with Gasteiger partial charge in [-0.25, -0.2) is 0 Å². The fraction of sp³-hybridized carbons (Fsp3) is 0.250. The van der Waals surface area contributed by atoms with Crippen molar-refractivity contribution in [2.24, 2.45) is 0 Å². The molecule has 1 aromatic rings. The third-order valence-electron chi connectivity index (χ3n) is 1.95. The summed E-state index contributed by atoms with van der Waals surface area (Å²) in [6.07, 6.45) is 3.33. The second-order valence-corrected chi connectivity index (χ2v) is 3.18. The molecular formula is C12H15NO. The van der Waals surface area contributed by atoms with Gasteiger partial charge in [-0.1, -0.05) is 36.4 Å². The summed E-state index contributed by atoms with van der Waals surface area (Å²) in [6, 6.07) is 9.95. The SMILES string of the molecule is C/C=C/C(=O)N(C)Cc1ccccc1. The van der Waals surface area contributed by atoms with Crippen molar-refractivity contribution >= 4 is 5.91 Å². The lowest BCUT2D eigenvalue weighted by atomic mass is 10.2. The van der Waals surface area contributed by atoms with Crippen LogP contribution in [0.25, 0.3) is 0 Å². The Morgan fingerprint density at radius 1 is 1.36 bits per heavy atom. The zero-order valence-corrected chi connectivity index (χ0v) is 8.60. The Kier molecular flexibility index (Phi) is 3.92. The van der Waals surface area contributed by atoms with Crippen LogP contribution in [0.5, 0.6) is 0 Å². The molecule has 0 aliphatic carbocycles. The number of hydrogen-bond acceptors (Lipinski definition) is 1. The second-order valence-electron chi connectivity index (χ2n) is 3.18. The standard InChI is InChI=1S/C12H15NO/c1-3-7-12(14)13(2)10-11-8-5-4-6-9-11/h3-9H,10H2,1-2H3/b7-3+. The molecule has 0 unspecified atom stereocenters. The third-order valence-corrected chi connectivity index (χ3v) is 1.95. The Morgan fingerprint density at radius 2 is 2.00 bits per heavy atom. The number of carbonyl (C=O) groups excluding carboxylic acids is 1. The van der Waals surface area contributed by atoms with Gasteiger partial charge in [0.25, 0.3) is 0 Å². The van der Waals surface area contributed by atoms with E-state index in [1.807, 2.05) is 37.3 Å². The second kappa shape index (κ2) is 5.22. The Morgan fingerprint density at radius 3 is 2.57 bits per heavy atom. The van der Waals surface area contributed by atoms with Crippen molar-refractivity contribution in [2.75, 3.05) is 7.05 Å². The average Bonchev–Trinajstić information content (AvgIpc) is 2.19. The quantitative estimate of drug-likeness (QED) is 0.668. The topological polar surface area (TPSA) is 20.3 Å². The summed E-state index contributed by atoms with van der Waals surface area (Å²) in [5, 5.41) is 0. The first-order valence-electron chi connectivity index (χ1n) is 4.65. The van der Waals surface area contributed by atoms with E-state index < -0.39 is 0 Å². The van der Waals surface area contributed by atoms with E-state index in [2.05, 4.69) is 0 Å². The van der Waals surface area contributed by atoms with Crippen LogP contribution in [0.2, 0.25) is 0 Å². The Hall–Kier alpha value is -1.57. The number of rotatable bonds is 3. The molecule has 0 bridgehead atoms. The normalized spacial score (nSPS) is 10.4. The van der Waals surface area contributed by atoms with Crippen molar-refractivity contribution in [1.82, 2.24) is 4.90 Å². The van der Waals surface area contributed by atoms with Crippen LogP contribution in [-0.4, -0.2) is 17.9 Å². The van der Waals surface area contributed by atoms with E-state index in [1.165, 1.54) is 0 Å². The van der Waals surface area contributed by atoms with E-state index in [4.69, 9.17) is 0 Å². The third kappa shape index (κ3) is 3.05. The van der Waals surface area contributed by atoms with Crippen molar-refractivity contribution < 1.29 is 4.79 Å². The minimum atomic E-state index is 0.0383. The maximum Gasteiger partial charge on any atom is 0.246 e. The van der Waals surface area contributed by atoms with E-state index in [0.717, 1.165) is 5.56 Å². The molecule has 0 aromatic heterocycles. The van der Waals surface area contributed by atoms with Crippen LogP contribution in [0.3, 0.4) is 0 Å². The lowest BCUT2D eigenvalue weighted by Crippen LogP contribution is -2.23. The van der Waals surface area contributed by atoms with Crippen molar-refractivity contribution in [2.45, 2.75) is 13.5 Å². The molecule has 1 aromatic carbocycles. The molecule has 74 valence electrons. The zero-order valence-electron chi connectivity index (χ0n) is 8.60. The Labute approximate surface area is 84.9 Å². The van der Waals surface area contributed by atoms with Crippen LogP contribution in [0.1, 0.15) is 12.5 Å². The van der Waals surface area contributed by atoms with Crippen molar-refractivity contribution in [3.8, 4) is 0 Å². The number of likely N-dealkylation sites (N-methyl/N-ethyl adjacent to an activating group) is 1. The predicted octanol–water partition coefficient (Wildman–Crippen LogP) is 2.22. The average molecular weight is 189 g/mol. The molecule has 0 spiro atoms. The van der Waals surface area contributed by atoms with Crippen molar-refractivity contribution in [3.05, 3.63) is 48.0 Å². The van der Waals surface area contributed by atoms with E-state index in [9.17, 15) is 4.79 Å². The van der Waals surface area contributed by atoms with E-state index in [0.29, 0.717) is 6.54 Å². The molecule has 0 saturated carbocycles. The first-order chi connectivity index (χ1) is 6.74.